The van der Waals surface area contributed by atoms with Crippen LogP contribution in [0.3, 0.4) is 0 Å². The van der Waals surface area contributed by atoms with Gasteiger partial charge in [0, 0.05) is 12.6 Å². The minimum Gasteiger partial charge on any atom is -0.479 e. The summed E-state index contributed by atoms with van der Waals surface area (Å²) >= 11 is 0. The molecule has 0 amide bonds. The van der Waals surface area contributed by atoms with Gasteiger partial charge >= 0.3 is 5.97 Å². The fraction of sp³-hybridized carbons (Fsp3) is 0.909. The first-order chi connectivity index (χ1) is 6.92. The summed E-state index contributed by atoms with van der Waals surface area (Å²) in [5.74, 6) is -0.468. The van der Waals surface area contributed by atoms with Crippen LogP contribution in [-0.2, 0) is 4.79 Å². The molecule has 3 unspecified atom stereocenters. The van der Waals surface area contributed by atoms with Gasteiger partial charge in [0.25, 0.3) is 0 Å². The largest absolute Gasteiger partial charge is 0.479 e. The lowest BCUT2D eigenvalue weighted by molar-refractivity contribution is -0.156. The Kier molecular flexibility index (Phi) is 4.11. The fourth-order valence-corrected chi connectivity index (χ4v) is 2.04. The molecule has 0 heterocycles. The molecule has 3 N–H and O–H groups in total. The molecule has 1 aliphatic rings. The molecule has 0 radical (unpaired) electrons. The molecular weight excluding hydrogens is 194 g/mol. The van der Waals surface area contributed by atoms with Crippen molar-refractivity contribution in [3.63, 3.8) is 0 Å². The van der Waals surface area contributed by atoms with Gasteiger partial charge in [0.05, 0.1) is 0 Å². The average molecular weight is 215 g/mol. The van der Waals surface area contributed by atoms with Crippen molar-refractivity contribution in [1.29, 1.82) is 0 Å². The van der Waals surface area contributed by atoms with Crippen LogP contribution < -0.4 is 5.32 Å². The molecule has 4 nitrogen and oxygen atoms in total. The highest BCUT2D eigenvalue weighted by molar-refractivity contribution is 5.76. The van der Waals surface area contributed by atoms with E-state index in [4.69, 9.17) is 5.11 Å². The van der Waals surface area contributed by atoms with Gasteiger partial charge in [0.15, 0.2) is 5.60 Å². The lowest BCUT2D eigenvalue weighted by Crippen LogP contribution is -2.48. The maximum absolute atomic E-state index is 10.7. The van der Waals surface area contributed by atoms with Gasteiger partial charge in [-0.05, 0) is 25.7 Å². The Labute approximate surface area is 90.7 Å². The standard InChI is InChI=1S/C11H21NO3/c1-8-4-3-5-9(6-8)12-7-11(2,15)10(13)14/h8-9,12,15H,3-7H2,1-2H3,(H,13,14). The van der Waals surface area contributed by atoms with Gasteiger partial charge in [-0.2, -0.15) is 0 Å². The van der Waals surface area contributed by atoms with E-state index in [1.165, 1.54) is 19.8 Å². The van der Waals surface area contributed by atoms with Crippen LogP contribution in [0.1, 0.15) is 39.5 Å². The highest BCUT2D eigenvalue weighted by Crippen LogP contribution is 2.23. The van der Waals surface area contributed by atoms with Crippen LogP contribution in [0, 0.1) is 5.92 Å². The molecule has 0 aromatic heterocycles. The summed E-state index contributed by atoms with van der Waals surface area (Å²) in [6, 6.07) is 0.361. The van der Waals surface area contributed by atoms with Crippen molar-refractivity contribution in [3.8, 4) is 0 Å². The minimum absolute atomic E-state index is 0.125. The van der Waals surface area contributed by atoms with Crippen molar-refractivity contribution in [2.24, 2.45) is 5.92 Å². The van der Waals surface area contributed by atoms with E-state index < -0.39 is 11.6 Å². The van der Waals surface area contributed by atoms with Crippen molar-refractivity contribution < 1.29 is 15.0 Å². The summed E-state index contributed by atoms with van der Waals surface area (Å²) < 4.78 is 0. The molecule has 4 heteroatoms. The first-order valence-electron chi connectivity index (χ1n) is 5.61. The quantitative estimate of drug-likeness (QED) is 0.654. The molecule has 0 saturated heterocycles. The summed E-state index contributed by atoms with van der Waals surface area (Å²) in [4.78, 5) is 10.7. The number of hydrogen-bond acceptors (Lipinski definition) is 3. The Bertz CT molecular complexity index is 228. The van der Waals surface area contributed by atoms with Crippen LogP contribution in [0.15, 0.2) is 0 Å². The summed E-state index contributed by atoms with van der Waals surface area (Å²) in [6.07, 6.45) is 4.61. The van der Waals surface area contributed by atoms with Crippen LogP contribution in [0.25, 0.3) is 0 Å². The van der Waals surface area contributed by atoms with E-state index in [0.29, 0.717) is 12.0 Å². The summed E-state index contributed by atoms with van der Waals surface area (Å²) in [5.41, 5.74) is -1.65. The molecule has 1 fully saturated rings. The second-order valence-electron chi connectivity index (χ2n) is 4.93. The van der Waals surface area contributed by atoms with E-state index in [9.17, 15) is 9.90 Å². The Morgan fingerprint density at radius 3 is 2.73 bits per heavy atom. The highest BCUT2D eigenvalue weighted by Gasteiger charge is 2.31. The molecule has 0 aliphatic heterocycles. The maximum atomic E-state index is 10.7. The fourth-order valence-electron chi connectivity index (χ4n) is 2.04. The van der Waals surface area contributed by atoms with Crippen molar-refractivity contribution in [1.82, 2.24) is 5.32 Å². The van der Waals surface area contributed by atoms with E-state index in [2.05, 4.69) is 12.2 Å². The molecule has 1 saturated carbocycles. The molecule has 15 heavy (non-hydrogen) atoms. The third kappa shape index (κ3) is 3.80. The average Bonchev–Trinajstić information content (AvgIpc) is 2.15. The Morgan fingerprint density at radius 1 is 1.53 bits per heavy atom. The first kappa shape index (κ1) is 12.5. The zero-order chi connectivity index (χ0) is 11.5. The minimum atomic E-state index is -1.65. The van der Waals surface area contributed by atoms with Crippen LogP contribution in [0.2, 0.25) is 0 Å². The topological polar surface area (TPSA) is 69.6 Å². The Balaban J connectivity index is 2.33. The molecule has 3 atom stereocenters. The molecule has 88 valence electrons. The zero-order valence-corrected chi connectivity index (χ0v) is 9.49. The number of rotatable bonds is 4. The Morgan fingerprint density at radius 2 is 2.20 bits per heavy atom. The molecule has 0 bridgehead atoms. The molecule has 0 aromatic carbocycles. The maximum Gasteiger partial charge on any atom is 0.336 e. The van der Waals surface area contributed by atoms with Crippen molar-refractivity contribution in [2.75, 3.05) is 6.54 Å². The summed E-state index contributed by atoms with van der Waals surface area (Å²) in [7, 11) is 0. The van der Waals surface area contributed by atoms with Crippen LogP contribution in [0.4, 0.5) is 0 Å². The molecule has 1 aliphatic carbocycles. The van der Waals surface area contributed by atoms with Gasteiger partial charge in [-0.25, -0.2) is 4.79 Å². The number of aliphatic carboxylic acids is 1. The number of hydrogen-bond donors (Lipinski definition) is 3. The van der Waals surface area contributed by atoms with E-state index >= 15 is 0 Å². The second-order valence-corrected chi connectivity index (χ2v) is 4.93. The van der Waals surface area contributed by atoms with Gasteiger partial charge in [-0.15, -0.1) is 0 Å². The zero-order valence-electron chi connectivity index (χ0n) is 9.49. The monoisotopic (exact) mass is 215 g/mol. The van der Waals surface area contributed by atoms with E-state index in [-0.39, 0.29) is 6.54 Å². The number of nitrogens with one attached hydrogen (secondary N) is 1. The van der Waals surface area contributed by atoms with Crippen LogP contribution in [-0.4, -0.2) is 34.4 Å². The molecular formula is C11H21NO3. The van der Waals surface area contributed by atoms with Crippen LogP contribution in [0.5, 0.6) is 0 Å². The molecule has 0 spiro atoms. The van der Waals surface area contributed by atoms with E-state index in [0.717, 1.165) is 12.8 Å². The second kappa shape index (κ2) is 4.94. The smallest absolute Gasteiger partial charge is 0.336 e. The third-order valence-electron chi connectivity index (χ3n) is 3.13. The molecule has 0 aromatic rings. The predicted molar refractivity (Wildman–Crippen MR) is 57.7 cm³/mol. The number of carboxylic acid groups (broad SMARTS) is 1. The van der Waals surface area contributed by atoms with Gasteiger partial charge < -0.3 is 15.5 Å². The summed E-state index contributed by atoms with van der Waals surface area (Å²) in [6.45, 7) is 3.66. The number of carboxylic acids is 1. The van der Waals surface area contributed by atoms with Crippen molar-refractivity contribution in [3.05, 3.63) is 0 Å². The van der Waals surface area contributed by atoms with Gasteiger partial charge in [0.2, 0.25) is 0 Å². The first-order valence-corrected chi connectivity index (χ1v) is 5.61. The van der Waals surface area contributed by atoms with Crippen molar-refractivity contribution in [2.45, 2.75) is 51.2 Å². The van der Waals surface area contributed by atoms with Crippen LogP contribution >= 0.6 is 0 Å². The third-order valence-corrected chi connectivity index (χ3v) is 3.13. The normalized spacial score (nSPS) is 30.9. The number of aliphatic hydroxyl groups is 1. The summed E-state index contributed by atoms with van der Waals surface area (Å²) in [5, 5.41) is 21.4. The Hall–Kier alpha value is -0.610. The lowest BCUT2D eigenvalue weighted by Gasteiger charge is -2.29. The van der Waals surface area contributed by atoms with E-state index in [1.807, 2.05) is 0 Å². The van der Waals surface area contributed by atoms with Gasteiger partial charge in [0.1, 0.15) is 0 Å². The lowest BCUT2D eigenvalue weighted by atomic mass is 9.87. The van der Waals surface area contributed by atoms with Gasteiger partial charge in [-0.1, -0.05) is 19.8 Å². The SMILES string of the molecule is CC1CCCC(NCC(C)(O)C(=O)O)C1. The van der Waals surface area contributed by atoms with E-state index in [1.54, 1.807) is 0 Å². The highest BCUT2D eigenvalue weighted by atomic mass is 16.4. The molecule has 1 rings (SSSR count). The number of carbonyl (C=O) groups is 1. The van der Waals surface area contributed by atoms with Crippen molar-refractivity contribution >= 4 is 5.97 Å². The van der Waals surface area contributed by atoms with Gasteiger partial charge in [-0.3, -0.25) is 0 Å². The predicted octanol–water partition coefficient (Wildman–Crippen LogP) is 0.990.